The minimum atomic E-state index is 0.558. The van der Waals surface area contributed by atoms with Crippen LogP contribution in [0.4, 0.5) is 0 Å². The van der Waals surface area contributed by atoms with Gasteiger partial charge in [-0.2, -0.15) is 0 Å². The van der Waals surface area contributed by atoms with E-state index in [0.29, 0.717) is 12.6 Å². The second-order valence-corrected chi connectivity index (χ2v) is 4.63. The molecule has 0 radical (unpaired) electrons. The van der Waals surface area contributed by atoms with Crippen LogP contribution in [0.1, 0.15) is 24.2 Å². The van der Waals surface area contributed by atoms with Crippen LogP contribution in [0.25, 0.3) is 0 Å². The summed E-state index contributed by atoms with van der Waals surface area (Å²) in [6, 6.07) is 12.5. The van der Waals surface area contributed by atoms with Crippen LogP contribution in [-0.4, -0.2) is 6.04 Å². The smallest absolute Gasteiger partial charge is 0.124 e. The predicted molar refractivity (Wildman–Crippen MR) is 69.3 cm³/mol. The zero-order valence-corrected chi connectivity index (χ0v) is 10.3. The normalized spacial score (nSPS) is 14.7. The molecular formula is C15H17NO2. The van der Waals surface area contributed by atoms with E-state index in [1.54, 1.807) is 6.26 Å². The molecule has 3 rings (SSSR count). The Kier molecular flexibility index (Phi) is 3.33. The molecule has 0 saturated heterocycles. The molecule has 1 N–H and O–H groups in total. The molecule has 2 aromatic rings. The van der Waals surface area contributed by atoms with Crippen molar-refractivity contribution in [2.45, 2.75) is 32.0 Å². The molecule has 0 atom stereocenters. The van der Waals surface area contributed by atoms with Gasteiger partial charge in [0, 0.05) is 11.6 Å². The molecule has 1 aromatic carbocycles. The van der Waals surface area contributed by atoms with Gasteiger partial charge in [0.05, 0.1) is 12.8 Å². The standard InChI is InChI=1S/C15H17NO2/c1-2-4-14(5-3-1)18-11-12-8-9-17-15(12)10-16-13-6-7-13/h1-5,8-9,13,16H,6-7,10-11H2. The second kappa shape index (κ2) is 5.27. The molecule has 94 valence electrons. The van der Waals surface area contributed by atoms with Gasteiger partial charge in [-0.05, 0) is 31.0 Å². The summed E-state index contributed by atoms with van der Waals surface area (Å²) in [7, 11) is 0. The summed E-state index contributed by atoms with van der Waals surface area (Å²) in [6.45, 7) is 1.35. The van der Waals surface area contributed by atoms with Gasteiger partial charge in [0.2, 0.25) is 0 Å². The Morgan fingerprint density at radius 3 is 2.78 bits per heavy atom. The summed E-state index contributed by atoms with van der Waals surface area (Å²) in [4.78, 5) is 0. The first-order valence-corrected chi connectivity index (χ1v) is 6.38. The molecule has 0 amide bonds. The maximum Gasteiger partial charge on any atom is 0.124 e. The lowest BCUT2D eigenvalue weighted by Crippen LogP contribution is -2.16. The number of para-hydroxylation sites is 1. The number of furan rings is 1. The summed E-state index contributed by atoms with van der Waals surface area (Å²) in [5, 5.41) is 3.45. The van der Waals surface area contributed by atoms with Crippen LogP contribution in [0.5, 0.6) is 5.75 Å². The Bertz CT molecular complexity index is 488. The largest absolute Gasteiger partial charge is 0.489 e. The van der Waals surface area contributed by atoms with Gasteiger partial charge in [-0.15, -0.1) is 0 Å². The monoisotopic (exact) mass is 243 g/mol. The number of ether oxygens (including phenoxy) is 1. The van der Waals surface area contributed by atoms with E-state index in [1.165, 1.54) is 12.8 Å². The van der Waals surface area contributed by atoms with E-state index in [2.05, 4.69) is 5.32 Å². The molecule has 18 heavy (non-hydrogen) atoms. The zero-order valence-electron chi connectivity index (χ0n) is 10.3. The van der Waals surface area contributed by atoms with Crippen molar-refractivity contribution in [1.82, 2.24) is 5.32 Å². The van der Waals surface area contributed by atoms with Crippen molar-refractivity contribution in [2.75, 3.05) is 0 Å². The quantitative estimate of drug-likeness (QED) is 0.846. The predicted octanol–water partition coefficient (Wildman–Crippen LogP) is 3.11. The highest BCUT2D eigenvalue weighted by Crippen LogP contribution is 2.21. The van der Waals surface area contributed by atoms with Gasteiger partial charge in [-0.25, -0.2) is 0 Å². The Hall–Kier alpha value is -1.74. The van der Waals surface area contributed by atoms with E-state index in [0.717, 1.165) is 23.6 Å². The summed E-state index contributed by atoms with van der Waals surface area (Å²) in [5.41, 5.74) is 1.12. The fourth-order valence-corrected chi connectivity index (χ4v) is 1.85. The van der Waals surface area contributed by atoms with E-state index in [-0.39, 0.29) is 0 Å². The van der Waals surface area contributed by atoms with Gasteiger partial charge in [0.25, 0.3) is 0 Å². The lowest BCUT2D eigenvalue weighted by atomic mass is 10.2. The number of hydrogen-bond acceptors (Lipinski definition) is 3. The highest BCUT2D eigenvalue weighted by molar-refractivity contribution is 5.23. The molecule has 1 aliphatic carbocycles. The highest BCUT2D eigenvalue weighted by Gasteiger charge is 2.21. The van der Waals surface area contributed by atoms with Gasteiger partial charge in [-0.1, -0.05) is 18.2 Å². The van der Waals surface area contributed by atoms with E-state index in [4.69, 9.17) is 9.15 Å². The molecule has 0 aliphatic heterocycles. The maximum absolute atomic E-state index is 5.73. The van der Waals surface area contributed by atoms with Gasteiger partial charge in [0.15, 0.2) is 0 Å². The third-order valence-electron chi connectivity index (χ3n) is 3.10. The molecule has 0 bridgehead atoms. The third kappa shape index (κ3) is 2.93. The van der Waals surface area contributed by atoms with Crippen molar-refractivity contribution in [1.29, 1.82) is 0 Å². The SMILES string of the molecule is c1ccc(OCc2ccoc2CNC2CC2)cc1. The molecule has 1 aliphatic rings. The Morgan fingerprint density at radius 1 is 1.17 bits per heavy atom. The molecule has 1 heterocycles. The summed E-state index contributed by atoms with van der Waals surface area (Å²) in [6.07, 6.45) is 4.31. The molecule has 1 saturated carbocycles. The summed E-state index contributed by atoms with van der Waals surface area (Å²) < 4.78 is 11.2. The van der Waals surface area contributed by atoms with Crippen LogP contribution in [0.2, 0.25) is 0 Å². The van der Waals surface area contributed by atoms with Crippen LogP contribution >= 0.6 is 0 Å². The molecule has 3 heteroatoms. The highest BCUT2D eigenvalue weighted by atomic mass is 16.5. The molecule has 0 spiro atoms. The van der Waals surface area contributed by atoms with Crippen molar-refractivity contribution < 1.29 is 9.15 Å². The molecule has 1 fully saturated rings. The fraction of sp³-hybridized carbons (Fsp3) is 0.333. The number of rotatable bonds is 6. The topological polar surface area (TPSA) is 34.4 Å². The van der Waals surface area contributed by atoms with Crippen molar-refractivity contribution >= 4 is 0 Å². The number of nitrogens with one attached hydrogen (secondary N) is 1. The Morgan fingerprint density at radius 2 is 2.00 bits per heavy atom. The molecule has 1 aromatic heterocycles. The summed E-state index contributed by atoms with van der Waals surface area (Å²) >= 11 is 0. The van der Waals surface area contributed by atoms with Crippen molar-refractivity contribution in [3.63, 3.8) is 0 Å². The van der Waals surface area contributed by atoms with Crippen molar-refractivity contribution in [3.8, 4) is 5.75 Å². The van der Waals surface area contributed by atoms with Crippen LogP contribution in [0.15, 0.2) is 47.1 Å². The van der Waals surface area contributed by atoms with Crippen molar-refractivity contribution in [3.05, 3.63) is 54.0 Å². The summed E-state index contributed by atoms with van der Waals surface area (Å²) in [5.74, 6) is 1.87. The number of hydrogen-bond donors (Lipinski definition) is 1. The third-order valence-corrected chi connectivity index (χ3v) is 3.10. The molecule has 0 unspecified atom stereocenters. The van der Waals surface area contributed by atoms with Gasteiger partial charge < -0.3 is 14.5 Å². The van der Waals surface area contributed by atoms with Crippen LogP contribution in [0, 0.1) is 0 Å². The first kappa shape index (κ1) is 11.4. The molecule has 3 nitrogen and oxygen atoms in total. The van der Waals surface area contributed by atoms with Crippen molar-refractivity contribution in [2.24, 2.45) is 0 Å². The van der Waals surface area contributed by atoms with Gasteiger partial charge in [0.1, 0.15) is 18.1 Å². The van der Waals surface area contributed by atoms with E-state index < -0.39 is 0 Å². The lowest BCUT2D eigenvalue weighted by molar-refractivity contribution is 0.301. The Balaban J connectivity index is 1.56. The minimum Gasteiger partial charge on any atom is -0.489 e. The minimum absolute atomic E-state index is 0.558. The zero-order chi connectivity index (χ0) is 12.2. The van der Waals surface area contributed by atoms with Gasteiger partial charge in [-0.3, -0.25) is 0 Å². The number of benzene rings is 1. The Labute approximate surface area is 107 Å². The average molecular weight is 243 g/mol. The maximum atomic E-state index is 5.73. The first-order valence-electron chi connectivity index (χ1n) is 6.38. The van der Waals surface area contributed by atoms with Gasteiger partial charge >= 0.3 is 0 Å². The van der Waals surface area contributed by atoms with E-state index in [1.807, 2.05) is 36.4 Å². The van der Waals surface area contributed by atoms with E-state index >= 15 is 0 Å². The molecular weight excluding hydrogens is 226 g/mol. The fourth-order valence-electron chi connectivity index (χ4n) is 1.85. The van der Waals surface area contributed by atoms with Crippen LogP contribution < -0.4 is 10.1 Å². The second-order valence-electron chi connectivity index (χ2n) is 4.63. The lowest BCUT2D eigenvalue weighted by Gasteiger charge is -2.06. The van der Waals surface area contributed by atoms with Crippen LogP contribution in [-0.2, 0) is 13.2 Å². The first-order chi connectivity index (χ1) is 8.92. The van der Waals surface area contributed by atoms with E-state index in [9.17, 15) is 0 Å². The van der Waals surface area contributed by atoms with Crippen LogP contribution in [0.3, 0.4) is 0 Å². The average Bonchev–Trinajstić information content (AvgIpc) is 3.14.